The lowest BCUT2D eigenvalue weighted by Crippen LogP contribution is -2.25. The molecule has 1 aromatic rings. The second-order valence-electron chi connectivity index (χ2n) is 3.22. The van der Waals surface area contributed by atoms with Gasteiger partial charge in [-0.25, -0.2) is 0 Å². The van der Waals surface area contributed by atoms with Gasteiger partial charge in [0.2, 0.25) is 0 Å². The summed E-state index contributed by atoms with van der Waals surface area (Å²) in [6, 6.07) is 8.54. The standard InChI is InChI=1S/C11H16BrNS/c1-2-14-8-10(13)7-9-5-3-4-6-11(9)12/h3-6,10H,2,7-8,13H2,1H3. The van der Waals surface area contributed by atoms with E-state index in [0.29, 0.717) is 0 Å². The van der Waals surface area contributed by atoms with Crippen LogP contribution in [0.15, 0.2) is 28.7 Å². The summed E-state index contributed by atoms with van der Waals surface area (Å²) < 4.78 is 1.16. The molecule has 0 aliphatic rings. The number of halogens is 1. The third-order valence-corrected chi connectivity index (χ3v) is 3.82. The molecule has 0 heterocycles. The van der Waals surface area contributed by atoms with E-state index >= 15 is 0 Å². The van der Waals surface area contributed by atoms with Crippen LogP contribution in [0.3, 0.4) is 0 Å². The van der Waals surface area contributed by atoms with Gasteiger partial charge in [0.25, 0.3) is 0 Å². The summed E-state index contributed by atoms with van der Waals surface area (Å²) in [5, 5.41) is 0. The maximum atomic E-state index is 6.02. The van der Waals surface area contributed by atoms with Crippen LogP contribution in [0.1, 0.15) is 12.5 Å². The van der Waals surface area contributed by atoms with Gasteiger partial charge in [-0.05, 0) is 23.8 Å². The second-order valence-corrected chi connectivity index (χ2v) is 5.39. The van der Waals surface area contributed by atoms with Crippen LogP contribution in [0.5, 0.6) is 0 Å². The molecule has 1 nitrogen and oxygen atoms in total. The Bertz CT molecular complexity index is 278. The van der Waals surface area contributed by atoms with Crippen LogP contribution in [0.25, 0.3) is 0 Å². The molecule has 1 rings (SSSR count). The third-order valence-electron chi connectivity index (χ3n) is 1.98. The van der Waals surface area contributed by atoms with Crippen molar-refractivity contribution in [2.75, 3.05) is 11.5 Å². The van der Waals surface area contributed by atoms with Crippen LogP contribution in [0.4, 0.5) is 0 Å². The lowest BCUT2D eigenvalue weighted by atomic mass is 10.1. The van der Waals surface area contributed by atoms with Gasteiger partial charge >= 0.3 is 0 Å². The van der Waals surface area contributed by atoms with Crippen molar-refractivity contribution in [2.45, 2.75) is 19.4 Å². The molecule has 1 atom stereocenters. The zero-order valence-electron chi connectivity index (χ0n) is 8.37. The number of hydrogen-bond acceptors (Lipinski definition) is 2. The lowest BCUT2D eigenvalue weighted by molar-refractivity contribution is 0.746. The molecule has 0 saturated carbocycles. The molecular formula is C11H16BrNS. The molecule has 0 aliphatic heterocycles. The molecule has 0 fully saturated rings. The number of rotatable bonds is 5. The molecule has 0 aromatic heterocycles. The minimum atomic E-state index is 0.263. The average molecular weight is 274 g/mol. The Labute approximate surface area is 98.6 Å². The van der Waals surface area contributed by atoms with Crippen molar-refractivity contribution in [3.8, 4) is 0 Å². The first-order valence-corrected chi connectivity index (χ1v) is 6.75. The first-order chi connectivity index (χ1) is 6.74. The van der Waals surface area contributed by atoms with Gasteiger partial charge in [-0.3, -0.25) is 0 Å². The first-order valence-electron chi connectivity index (χ1n) is 4.80. The van der Waals surface area contributed by atoms with Crippen LogP contribution in [-0.4, -0.2) is 17.5 Å². The first kappa shape index (κ1) is 12.1. The van der Waals surface area contributed by atoms with Crippen LogP contribution in [0, 0.1) is 0 Å². The molecule has 1 unspecified atom stereocenters. The molecule has 0 aliphatic carbocycles. The van der Waals surface area contributed by atoms with E-state index in [9.17, 15) is 0 Å². The van der Waals surface area contributed by atoms with Gasteiger partial charge in [-0.1, -0.05) is 41.1 Å². The predicted octanol–water partition coefficient (Wildman–Crippen LogP) is 3.07. The normalized spacial score (nSPS) is 12.8. The number of hydrogen-bond donors (Lipinski definition) is 1. The summed E-state index contributed by atoms with van der Waals surface area (Å²) in [4.78, 5) is 0. The van der Waals surface area contributed by atoms with Crippen molar-refractivity contribution in [3.63, 3.8) is 0 Å². The van der Waals surface area contributed by atoms with E-state index in [1.807, 2.05) is 17.8 Å². The van der Waals surface area contributed by atoms with Gasteiger partial charge in [0.1, 0.15) is 0 Å². The van der Waals surface area contributed by atoms with Crippen molar-refractivity contribution < 1.29 is 0 Å². The van der Waals surface area contributed by atoms with Crippen LogP contribution in [-0.2, 0) is 6.42 Å². The Morgan fingerprint density at radius 1 is 1.43 bits per heavy atom. The number of nitrogens with two attached hydrogens (primary N) is 1. The molecule has 14 heavy (non-hydrogen) atoms. The maximum absolute atomic E-state index is 6.02. The van der Waals surface area contributed by atoms with Gasteiger partial charge < -0.3 is 5.73 Å². The Balaban J connectivity index is 2.47. The van der Waals surface area contributed by atoms with Gasteiger partial charge in [-0.2, -0.15) is 11.8 Å². The van der Waals surface area contributed by atoms with Crippen molar-refractivity contribution in [1.29, 1.82) is 0 Å². The van der Waals surface area contributed by atoms with Gasteiger partial charge in [-0.15, -0.1) is 0 Å². The third kappa shape index (κ3) is 4.03. The van der Waals surface area contributed by atoms with Gasteiger partial charge in [0.15, 0.2) is 0 Å². The largest absolute Gasteiger partial charge is 0.327 e. The molecule has 0 radical (unpaired) electrons. The second kappa shape index (κ2) is 6.49. The maximum Gasteiger partial charge on any atom is 0.0207 e. The fourth-order valence-corrected chi connectivity index (χ4v) is 2.38. The van der Waals surface area contributed by atoms with Crippen molar-refractivity contribution in [2.24, 2.45) is 5.73 Å². The number of benzene rings is 1. The number of thioether (sulfide) groups is 1. The monoisotopic (exact) mass is 273 g/mol. The van der Waals surface area contributed by atoms with E-state index in [2.05, 4.69) is 41.1 Å². The van der Waals surface area contributed by atoms with Crippen LogP contribution in [0.2, 0.25) is 0 Å². The average Bonchev–Trinajstić information content (AvgIpc) is 2.18. The lowest BCUT2D eigenvalue weighted by Gasteiger charge is -2.11. The quantitative estimate of drug-likeness (QED) is 0.893. The summed E-state index contributed by atoms with van der Waals surface area (Å²) >= 11 is 5.43. The summed E-state index contributed by atoms with van der Waals surface area (Å²) in [5.41, 5.74) is 7.32. The highest BCUT2D eigenvalue weighted by atomic mass is 79.9. The smallest absolute Gasteiger partial charge is 0.0207 e. The Morgan fingerprint density at radius 2 is 2.14 bits per heavy atom. The zero-order valence-corrected chi connectivity index (χ0v) is 10.8. The predicted molar refractivity (Wildman–Crippen MR) is 68.8 cm³/mol. The summed E-state index contributed by atoms with van der Waals surface area (Å²) in [6.07, 6.45) is 0.953. The molecule has 0 spiro atoms. The van der Waals surface area contributed by atoms with E-state index in [1.165, 1.54) is 5.56 Å². The highest BCUT2D eigenvalue weighted by Gasteiger charge is 2.05. The molecule has 3 heteroatoms. The van der Waals surface area contributed by atoms with Crippen LogP contribution < -0.4 is 5.73 Å². The highest BCUT2D eigenvalue weighted by molar-refractivity contribution is 9.10. The molecule has 2 N–H and O–H groups in total. The van der Waals surface area contributed by atoms with E-state index in [-0.39, 0.29) is 6.04 Å². The van der Waals surface area contributed by atoms with Gasteiger partial charge in [0.05, 0.1) is 0 Å². The topological polar surface area (TPSA) is 26.0 Å². The van der Waals surface area contributed by atoms with E-state index < -0.39 is 0 Å². The zero-order chi connectivity index (χ0) is 10.4. The SMILES string of the molecule is CCSCC(N)Cc1ccccc1Br. The van der Waals surface area contributed by atoms with E-state index in [4.69, 9.17) is 5.73 Å². The Kier molecular flexibility index (Phi) is 5.60. The van der Waals surface area contributed by atoms with Crippen LogP contribution >= 0.6 is 27.7 Å². The molecule has 0 amide bonds. The molecule has 78 valence electrons. The van der Waals surface area contributed by atoms with E-state index in [1.54, 1.807) is 0 Å². The molecule has 0 saturated heterocycles. The minimum Gasteiger partial charge on any atom is -0.327 e. The van der Waals surface area contributed by atoms with Crippen molar-refractivity contribution in [1.82, 2.24) is 0 Å². The van der Waals surface area contributed by atoms with E-state index in [0.717, 1.165) is 22.4 Å². The summed E-state index contributed by atoms with van der Waals surface area (Å²) in [5.74, 6) is 2.18. The Hall–Kier alpha value is 0.01000. The van der Waals surface area contributed by atoms with Gasteiger partial charge in [0, 0.05) is 16.3 Å². The van der Waals surface area contributed by atoms with Crippen molar-refractivity contribution >= 4 is 27.7 Å². The fourth-order valence-electron chi connectivity index (χ4n) is 1.27. The molecule has 1 aromatic carbocycles. The molecule has 0 bridgehead atoms. The molecular weight excluding hydrogens is 258 g/mol. The van der Waals surface area contributed by atoms with Crippen molar-refractivity contribution in [3.05, 3.63) is 34.3 Å². The summed E-state index contributed by atoms with van der Waals surface area (Å²) in [6.45, 7) is 2.16. The summed E-state index contributed by atoms with van der Waals surface area (Å²) in [7, 11) is 0. The fraction of sp³-hybridized carbons (Fsp3) is 0.455. The minimum absolute atomic E-state index is 0.263. The highest BCUT2D eigenvalue weighted by Crippen LogP contribution is 2.17. The Morgan fingerprint density at radius 3 is 2.79 bits per heavy atom.